The molecule has 0 saturated heterocycles. The lowest BCUT2D eigenvalue weighted by Gasteiger charge is -2.02. The summed E-state index contributed by atoms with van der Waals surface area (Å²) in [6.45, 7) is 0. The van der Waals surface area contributed by atoms with Crippen LogP contribution in [0.5, 0.6) is 11.8 Å². The van der Waals surface area contributed by atoms with E-state index in [1.165, 1.54) is 16.4 Å². The molecule has 0 saturated carbocycles. The van der Waals surface area contributed by atoms with Gasteiger partial charge in [-0.25, -0.2) is 14.0 Å². The predicted octanol–water partition coefficient (Wildman–Crippen LogP) is 1.32. The van der Waals surface area contributed by atoms with Gasteiger partial charge in [0.05, 0.1) is 43.5 Å². The molecule has 1 aromatic carbocycles. The van der Waals surface area contributed by atoms with Gasteiger partial charge in [0.1, 0.15) is 5.75 Å². The van der Waals surface area contributed by atoms with E-state index < -0.39 is 0 Å². The Bertz CT molecular complexity index is 1160. The molecule has 0 aliphatic rings. The molecule has 0 bridgehead atoms. The van der Waals surface area contributed by atoms with Crippen molar-refractivity contribution in [3.8, 4) is 23.1 Å². The Morgan fingerprint density at radius 1 is 1.00 bits per heavy atom. The van der Waals surface area contributed by atoms with Gasteiger partial charge in [-0.05, 0) is 18.2 Å². The highest BCUT2D eigenvalue weighted by Crippen LogP contribution is 2.20. The maximum atomic E-state index is 12.3. The zero-order valence-corrected chi connectivity index (χ0v) is 14.4. The smallest absolute Gasteiger partial charge is 0.353 e. The van der Waals surface area contributed by atoms with Crippen molar-refractivity contribution < 1.29 is 9.47 Å². The molecule has 4 aromatic rings. The molecule has 0 spiro atoms. The van der Waals surface area contributed by atoms with Gasteiger partial charge in [0, 0.05) is 24.7 Å². The summed E-state index contributed by atoms with van der Waals surface area (Å²) in [5.41, 5.74) is 1.90. The second-order valence-electron chi connectivity index (χ2n) is 5.64. The maximum Gasteiger partial charge on any atom is 0.353 e. The van der Waals surface area contributed by atoms with Gasteiger partial charge in [0.25, 0.3) is 0 Å². The summed E-state index contributed by atoms with van der Waals surface area (Å²) in [5, 5.41) is 9.58. The van der Waals surface area contributed by atoms with Gasteiger partial charge in [-0.3, -0.25) is 4.98 Å². The van der Waals surface area contributed by atoms with Gasteiger partial charge in [-0.2, -0.15) is 9.78 Å². The minimum Gasteiger partial charge on any atom is -0.495 e. The average molecular weight is 352 g/mol. The molecule has 4 rings (SSSR count). The summed E-state index contributed by atoms with van der Waals surface area (Å²) in [6.07, 6.45) is 5.19. The van der Waals surface area contributed by atoms with Crippen molar-refractivity contribution in [3.05, 3.63) is 53.3 Å². The van der Waals surface area contributed by atoms with Crippen LogP contribution < -0.4 is 15.2 Å². The van der Waals surface area contributed by atoms with Crippen LogP contribution in [0.4, 0.5) is 0 Å². The summed E-state index contributed by atoms with van der Waals surface area (Å²) in [4.78, 5) is 16.5. The zero-order valence-electron chi connectivity index (χ0n) is 14.4. The van der Waals surface area contributed by atoms with Gasteiger partial charge in [0.2, 0.25) is 0 Å². The molecule has 0 aliphatic carbocycles. The van der Waals surface area contributed by atoms with E-state index in [9.17, 15) is 4.79 Å². The third-order valence-corrected chi connectivity index (χ3v) is 4.05. The first-order valence-corrected chi connectivity index (χ1v) is 7.80. The molecule has 26 heavy (non-hydrogen) atoms. The van der Waals surface area contributed by atoms with Gasteiger partial charge >= 0.3 is 11.7 Å². The van der Waals surface area contributed by atoms with Crippen molar-refractivity contribution in [1.82, 2.24) is 29.1 Å². The quantitative estimate of drug-likeness (QED) is 0.550. The van der Waals surface area contributed by atoms with E-state index in [0.29, 0.717) is 11.4 Å². The molecule has 0 amide bonds. The van der Waals surface area contributed by atoms with Crippen molar-refractivity contribution in [2.24, 2.45) is 7.05 Å². The van der Waals surface area contributed by atoms with Gasteiger partial charge in [-0.1, -0.05) is 0 Å². The number of pyridine rings is 1. The molecule has 9 nitrogen and oxygen atoms in total. The van der Waals surface area contributed by atoms with Crippen LogP contribution in [0.15, 0.2) is 47.7 Å². The minimum atomic E-state index is -0.286. The third-order valence-electron chi connectivity index (χ3n) is 4.05. The fourth-order valence-corrected chi connectivity index (χ4v) is 2.69. The van der Waals surface area contributed by atoms with E-state index in [4.69, 9.17) is 9.47 Å². The first-order valence-electron chi connectivity index (χ1n) is 7.80. The van der Waals surface area contributed by atoms with E-state index in [-0.39, 0.29) is 11.7 Å². The van der Waals surface area contributed by atoms with Crippen LogP contribution >= 0.6 is 0 Å². The van der Waals surface area contributed by atoms with Crippen molar-refractivity contribution >= 4 is 10.9 Å². The third kappa shape index (κ3) is 2.50. The van der Waals surface area contributed by atoms with Crippen LogP contribution in [0.1, 0.15) is 0 Å². The Morgan fingerprint density at radius 3 is 2.58 bits per heavy atom. The molecule has 132 valence electrons. The highest BCUT2D eigenvalue weighted by atomic mass is 16.5. The van der Waals surface area contributed by atoms with Crippen LogP contribution in [0.25, 0.3) is 22.3 Å². The Hall–Kier alpha value is -3.62. The molecule has 3 aromatic heterocycles. The molecular formula is C17H16N6O3. The topological polar surface area (TPSA) is 89.0 Å². The Labute approximate surface area is 148 Å². The molecule has 9 heteroatoms. The lowest BCUT2D eigenvalue weighted by atomic mass is 10.2. The zero-order chi connectivity index (χ0) is 18.3. The maximum absolute atomic E-state index is 12.3. The summed E-state index contributed by atoms with van der Waals surface area (Å²) in [6, 6.07) is 7.56. The van der Waals surface area contributed by atoms with E-state index in [1.54, 1.807) is 37.3 Å². The van der Waals surface area contributed by atoms with E-state index >= 15 is 0 Å². The summed E-state index contributed by atoms with van der Waals surface area (Å²) >= 11 is 0. The van der Waals surface area contributed by atoms with Gasteiger partial charge in [0.15, 0.2) is 0 Å². The molecular weight excluding hydrogens is 336 g/mol. The average Bonchev–Trinajstić information content (AvgIpc) is 3.23. The van der Waals surface area contributed by atoms with Crippen molar-refractivity contribution in [3.63, 3.8) is 0 Å². The molecule has 3 heterocycles. The largest absolute Gasteiger partial charge is 0.495 e. The van der Waals surface area contributed by atoms with Crippen LogP contribution in [-0.4, -0.2) is 43.3 Å². The molecule has 0 unspecified atom stereocenters. The van der Waals surface area contributed by atoms with Crippen LogP contribution in [0.2, 0.25) is 0 Å². The summed E-state index contributed by atoms with van der Waals surface area (Å²) in [7, 11) is 4.67. The predicted molar refractivity (Wildman–Crippen MR) is 94.3 cm³/mol. The highest BCUT2D eigenvalue weighted by molar-refractivity contribution is 5.80. The summed E-state index contributed by atoms with van der Waals surface area (Å²) < 4.78 is 14.6. The van der Waals surface area contributed by atoms with E-state index in [1.807, 2.05) is 24.4 Å². The monoisotopic (exact) mass is 352 g/mol. The fourth-order valence-electron chi connectivity index (χ4n) is 2.69. The number of hydrogen-bond donors (Lipinski definition) is 0. The number of hydrogen-bond acceptors (Lipinski definition) is 6. The number of aromatic nitrogens is 6. The summed E-state index contributed by atoms with van der Waals surface area (Å²) in [5.74, 6) is 0.648. The first kappa shape index (κ1) is 15.9. The second kappa shape index (κ2) is 6.03. The van der Waals surface area contributed by atoms with Gasteiger partial charge in [-0.15, -0.1) is 5.10 Å². The Kier molecular flexibility index (Phi) is 3.68. The second-order valence-corrected chi connectivity index (χ2v) is 5.64. The molecule has 0 atom stereocenters. The number of ether oxygens (including phenoxy) is 2. The van der Waals surface area contributed by atoms with Crippen molar-refractivity contribution in [2.75, 3.05) is 14.2 Å². The normalized spacial score (nSPS) is 11.0. The number of rotatable bonds is 4. The number of benzene rings is 1. The molecule has 0 fully saturated rings. The van der Waals surface area contributed by atoms with Crippen molar-refractivity contribution in [1.29, 1.82) is 0 Å². The minimum absolute atomic E-state index is 0.244. The lowest BCUT2D eigenvalue weighted by molar-refractivity contribution is 0.362. The van der Waals surface area contributed by atoms with Gasteiger partial charge < -0.3 is 9.47 Å². The van der Waals surface area contributed by atoms with E-state index in [2.05, 4.69) is 15.2 Å². The standard InChI is InChI=1S/C17H16N6O3/c1-21-16(26-3)20-23(17(21)24)12-4-5-15-11(6-12)10-22(19-15)13-7-14(25-2)9-18-8-13/h4-10H,1-3H3. The molecule has 0 radical (unpaired) electrons. The molecule has 0 aliphatic heterocycles. The van der Waals surface area contributed by atoms with Crippen LogP contribution in [0, 0.1) is 0 Å². The first-order chi connectivity index (χ1) is 12.6. The lowest BCUT2D eigenvalue weighted by Crippen LogP contribution is -2.21. The Morgan fingerprint density at radius 2 is 1.85 bits per heavy atom. The highest BCUT2D eigenvalue weighted by Gasteiger charge is 2.13. The fraction of sp³-hybridized carbons (Fsp3) is 0.176. The number of methoxy groups -OCH3 is 2. The van der Waals surface area contributed by atoms with E-state index in [0.717, 1.165) is 16.6 Å². The van der Waals surface area contributed by atoms with Crippen molar-refractivity contribution in [2.45, 2.75) is 0 Å². The SMILES string of the molecule is COc1cncc(-n2cc3cc(-n4nc(OC)n(C)c4=O)ccc3n2)c1. The number of nitrogens with zero attached hydrogens (tertiary/aromatic N) is 6. The van der Waals surface area contributed by atoms with Crippen LogP contribution in [-0.2, 0) is 7.05 Å². The number of fused-ring (bicyclic) bond motifs is 1. The van der Waals surface area contributed by atoms with Crippen LogP contribution in [0.3, 0.4) is 0 Å². The Balaban J connectivity index is 1.80. The molecule has 0 N–H and O–H groups in total.